The smallest absolute Gasteiger partial charge is 0.124 e. The zero-order valence-corrected chi connectivity index (χ0v) is 15.3. The Morgan fingerprint density at radius 1 is 1.20 bits per heavy atom. The van der Waals surface area contributed by atoms with E-state index in [2.05, 4.69) is 38.1 Å². The van der Waals surface area contributed by atoms with Crippen molar-refractivity contribution in [1.82, 2.24) is 0 Å². The largest absolute Gasteiger partial charge is 0.494 e. The number of nitrogens with zero attached hydrogens (tertiary/aromatic N) is 1. The summed E-state index contributed by atoms with van der Waals surface area (Å²) in [6.45, 7) is 7.93. The maximum absolute atomic E-state index is 6.10. The Morgan fingerprint density at radius 2 is 2.00 bits per heavy atom. The number of hydrogen-bond donors (Lipinski definition) is 0. The van der Waals surface area contributed by atoms with Gasteiger partial charge in [0.25, 0.3) is 0 Å². The Hall–Kier alpha value is -2.20. The lowest BCUT2D eigenvalue weighted by atomic mass is 9.65. The van der Waals surface area contributed by atoms with Crippen LogP contribution in [0.5, 0.6) is 11.5 Å². The summed E-state index contributed by atoms with van der Waals surface area (Å²) < 4.78 is 11.8. The normalized spacial score (nSPS) is 23.1. The number of hydrogen-bond acceptors (Lipinski definition) is 4. The summed E-state index contributed by atoms with van der Waals surface area (Å²) in [5.41, 5.74) is 3.47. The second-order valence-corrected chi connectivity index (χ2v) is 7.24. The number of hydroxylamine groups is 1. The molecule has 0 unspecified atom stereocenters. The molecule has 0 saturated heterocycles. The van der Waals surface area contributed by atoms with E-state index in [-0.39, 0.29) is 17.4 Å². The van der Waals surface area contributed by atoms with Crippen LogP contribution in [0.2, 0.25) is 0 Å². The molecule has 0 spiro atoms. The van der Waals surface area contributed by atoms with Gasteiger partial charge in [-0.2, -0.15) is 0 Å². The summed E-state index contributed by atoms with van der Waals surface area (Å²) in [5.74, 6) is 2.14. The molecule has 4 heteroatoms. The van der Waals surface area contributed by atoms with E-state index in [0.29, 0.717) is 13.2 Å². The first-order chi connectivity index (χ1) is 12.1. The Kier molecular flexibility index (Phi) is 3.88. The van der Waals surface area contributed by atoms with Crippen LogP contribution in [0.4, 0.5) is 5.69 Å². The zero-order chi connectivity index (χ0) is 17.6. The fraction of sp³-hybridized carbons (Fsp3) is 0.429. The molecule has 4 rings (SSSR count). The van der Waals surface area contributed by atoms with E-state index in [4.69, 9.17) is 14.3 Å². The molecule has 132 valence electrons. The number of fused-ring (bicyclic) bond motifs is 4. The van der Waals surface area contributed by atoms with Gasteiger partial charge in [0.1, 0.15) is 11.5 Å². The van der Waals surface area contributed by atoms with Crippen molar-refractivity contribution < 1.29 is 14.3 Å². The predicted octanol–water partition coefficient (Wildman–Crippen LogP) is 4.49. The molecule has 0 amide bonds. The minimum atomic E-state index is -0.0598. The highest BCUT2D eigenvalue weighted by atomic mass is 16.7. The van der Waals surface area contributed by atoms with Crippen LogP contribution in [0.1, 0.15) is 37.9 Å². The second-order valence-electron chi connectivity index (χ2n) is 7.24. The van der Waals surface area contributed by atoms with Gasteiger partial charge in [-0.1, -0.05) is 32.0 Å². The highest BCUT2D eigenvalue weighted by Gasteiger charge is 2.50. The van der Waals surface area contributed by atoms with E-state index >= 15 is 0 Å². The predicted molar refractivity (Wildman–Crippen MR) is 98.3 cm³/mol. The molecule has 2 aromatic rings. The lowest BCUT2D eigenvalue weighted by Crippen LogP contribution is -2.51. The topological polar surface area (TPSA) is 30.9 Å². The minimum Gasteiger partial charge on any atom is -0.494 e. The molecule has 0 N–H and O–H groups in total. The van der Waals surface area contributed by atoms with Crippen molar-refractivity contribution in [2.75, 3.05) is 25.4 Å². The third kappa shape index (κ3) is 2.39. The van der Waals surface area contributed by atoms with Gasteiger partial charge < -0.3 is 9.47 Å². The van der Waals surface area contributed by atoms with E-state index in [1.54, 1.807) is 7.11 Å². The van der Waals surface area contributed by atoms with Crippen LogP contribution in [0, 0.1) is 5.92 Å². The maximum atomic E-state index is 6.10. The molecule has 0 aliphatic carbocycles. The second kappa shape index (κ2) is 5.95. The van der Waals surface area contributed by atoms with Gasteiger partial charge in [0.2, 0.25) is 0 Å². The van der Waals surface area contributed by atoms with Crippen molar-refractivity contribution in [2.45, 2.75) is 32.2 Å². The lowest BCUT2D eigenvalue weighted by Gasteiger charge is -2.52. The highest BCUT2D eigenvalue weighted by molar-refractivity contribution is 5.63. The SMILES string of the molecule is CCOc1ccc2c(c1)C(C)(C)[C@H]1COc3ccccc3[C@H]1N2OC. The molecule has 2 aromatic carbocycles. The van der Waals surface area contributed by atoms with Crippen molar-refractivity contribution in [2.24, 2.45) is 5.92 Å². The molecule has 0 aromatic heterocycles. The van der Waals surface area contributed by atoms with Gasteiger partial charge in [0, 0.05) is 16.9 Å². The molecular formula is C21H25NO3. The molecule has 0 radical (unpaired) electrons. The Labute approximate surface area is 149 Å². The highest BCUT2D eigenvalue weighted by Crippen LogP contribution is 2.55. The van der Waals surface area contributed by atoms with E-state index < -0.39 is 0 Å². The fourth-order valence-corrected chi connectivity index (χ4v) is 4.28. The van der Waals surface area contributed by atoms with Gasteiger partial charge in [0.15, 0.2) is 0 Å². The average molecular weight is 339 g/mol. The van der Waals surface area contributed by atoms with E-state index in [1.165, 1.54) is 11.1 Å². The molecule has 0 saturated carbocycles. The summed E-state index contributed by atoms with van der Waals surface area (Å²) in [6, 6.07) is 14.7. The summed E-state index contributed by atoms with van der Waals surface area (Å²) in [7, 11) is 1.74. The molecule has 25 heavy (non-hydrogen) atoms. The van der Waals surface area contributed by atoms with Gasteiger partial charge in [-0.15, -0.1) is 0 Å². The first-order valence-electron chi connectivity index (χ1n) is 8.90. The number of benzene rings is 2. The zero-order valence-electron chi connectivity index (χ0n) is 15.3. The average Bonchev–Trinajstić information content (AvgIpc) is 2.62. The number of rotatable bonds is 3. The van der Waals surface area contributed by atoms with Gasteiger partial charge in [0.05, 0.1) is 32.1 Å². The molecule has 0 bridgehead atoms. The van der Waals surface area contributed by atoms with Crippen LogP contribution in [0.15, 0.2) is 42.5 Å². The van der Waals surface area contributed by atoms with Crippen LogP contribution >= 0.6 is 0 Å². The van der Waals surface area contributed by atoms with Gasteiger partial charge >= 0.3 is 0 Å². The van der Waals surface area contributed by atoms with Crippen molar-refractivity contribution >= 4 is 5.69 Å². The Balaban J connectivity index is 1.89. The first kappa shape index (κ1) is 16.3. The fourth-order valence-electron chi connectivity index (χ4n) is 4.28. The number of anilines is 1. The summed E-state index contributed by atoms with van der Waals surface area (Å²) in [6.07, 6.45) is 0. The van der Waals surface area contributed by atoms with E-state index in [1.807, 2.05) is 30.2 Å². The maximum Gasteiger partial charge on any atom is 0.124 e. The number of ether oxygens (including phenoxy) is 2. The van der Waals surface area contributed by atoms with Crippen molar-refractivity contribution in [3.63, 3.8) is 0 Å². The molecule has 2 aliphatic rings. The van der Waals surface area contributed by atoms with Crippen LogP contribution in [0.3, 0.4) is 0 Å². The van der Waals surface area contributed by atoms with Crippen LogP contribution in [-0.4, -0.2) is 20.3 Å². The van der Waals surface area contributed by atoms with Crippen LogP contribution < -0.4 is 14.5 Å². The van der Waals surface area contributed by atoms with Crippen LogP contribution in [-0.2, 0) is 10.3 Å². The first-order valence-corrected chi connectivity index (χ1v) is 8.90. The lowest BCUT2D eigenvalue weighted by molar-refractivity contribution is 0.0440. The molecule has 2 heterocycles. The quantitative estimate of drug-likeness (QED) is 0.824. The third-order valence-electron chi connectivity index (χ3n) is 5.62. The van der Waals surface area contributed by atoms with Crippen molar-refractivity contribution in [1.29, 1.82) is 0 Å². The summed E-state index contributed by atoms with van der Waals surface area (Å²) in [5, 5.41) is 2.04. The van der Waals surface area contributed by atoms with Crippen molar-refractivity contribution in [3.8, 4) is 11.5 Å². The Morgan fingerprint density at radius 3 is 2.76 bits per heavy atom. The van der Waals surface area contributed by atoms with Crippen molar-refractivity contribution in [3.05, 3.63) is 53.6 Å². The molecule has 4 nitrogen and oxygen atoms in total. The Bertz CT molecular complexity index is 786. The molecule has 0 fully saturated rings. The third-order valence-corrected chi connectivity index (χ3v) is 5.62. The summed E-state index contributed by atoms with van der Waals surface area (Å²) >= 11 is 0. The van der Waals surface area contributed by atoms with Gasteiger partial charge in [-0.25, -0.2) is 5.06 Å². The standard InChI is InChI=1S/C21H25NO3/c1-5-24-14-10-11-18-16(12-14)21(2,3)17-13-25-19-9-7-6-8-15(19)20(17)22(18)23-4/h6-12,17,20H,5,13H2,1-4H3/t17-,20+/m0/s1. The minimum absolute atomic E-state index is 0.0598. The van der Waals surface area contributed by atoms with E-state index in [9.17, 15) is 0 Å². The molecule has 2 aliphatic heterocycles. The van der Waals surface area contributed by atoms with E-state index in [0.717, 1.165) is 17.2 Å². The monoisotopic (exact) mass is 339 g/mol. The molecular weight excluding hydrogens is 314 g/mol. The number of para-hydroxylation sites is 1. The molecule has 2 atom stereocenters. The van der Waals surface area contributed by atoms with Gasteiger partial charge in [-0.05, 0) is 36.8 Å². The van der Waals surface area contributed by atoms with Crippen LogP contribution in [0.25, 0.3) is 0 Å². The summed E-state index contributed by atoms with van der Waals surface area (Å²) in [4.78, 5) is 5.87. The van der Waals surface area contributed by atoms with Gasteiger partial charge in [-0.3, -0.25) is 4.84 Å².